The van der Waals surface area contributed by atoms with Gasteiger partial charge in [0, 0.05) is 28.6 Å². The number of pyridine rings is 1. The van der Waals surface area contributed by atoms with Gasteiger partial charge in [0.1, 0.15) is 5.15 Å². The molecule has 4 aromatic heterocycles. The average Bonchev–Trinajstić information content (AvgIpc) is 3.15. The predicted octanol–water partition coefficient (Wildman–Crippen LogP) is 4.96. The van der Waals surface area contributed by atoms with E-state index in [2.05, 4.69) is 41.2 Å². The van der Waals surface area contributed by atoms with E-state index in [4.69, 9.17) is 11.6 Å². The Morgan fingerprint density at radius 1 is 1.22 bits per heavy atom. The molecule has 0 fully saturated rings. The molecule has 4 rings (SSSR count). The van der Waals surface area contributed by atoms with Gasteiger partial charge in [-0.1, -0.05) is 32.4 Å². The van der Waals surface area contributed by atoms with Crippen LogP contribution in [0.1, 0.15) is 26.5 Å². The number of thiophene rings is 1. The van der Waals surface area contributed by atoms with Crippen molar-refractivity contribution in [3.8, 4) is 11.1 Å². The fraction of sp³-hybridized carbons (Fsp3) is 0.235. The number of hydrogen-bond donors (Lipinski definition) is 0. The van der Waals surface area contributed by atoms with Crippen LogP contribution in [0.15, 0.2) is 35.2 Å². The van der Waals surface area contributed by atoms with Crippen LogP contribution in [0.4, 0.5) is 0 Å². The van der Waals surface area contributed by atoms with E-state index in [1.165, 1.54) is 0 Å². The molecule has 4 nitrogen and oxygen atoms in total. The van der Waals surface area contributed by atoms with Crippen molar-refractivity contribution in [1.82, 2.24) is 19.6 Å². The fourth-order valence-electron chi connectivity index (χ4n) is 2.50. The Balaban J connectivity index is 2.00. The first-order chi connectivity index (χ1) is 10.9. The van der Waals surface area contributed by atoms with Gasteiger partial charge in [-0.2, -0.15) is 21.0 Å². The van der Waals surface area contributed by atoms with Crippen molar-refractivity contribution in [2.24, 2.45) is 0 Å². The molecule has 0 bridgehead atoms. The van der Waals surface area contributed by atoms with Crippen molar-refractivity contribution in [2.45, 2.75) is 26.2 Å². The van der Waals surface area contributed by atoms with Gasteiger partial charge in [-0.3, -0.25) is 0 Å². The molecule has 0 radical (unpaired) electrons. The second kappa shape index (κ2) is 5.01. The van der Waals surface area contributed by atoms with Crippen LogP contribution < -0.4 is 0 Å². The first-order valence-electron chi connectivity index (χ1n) is 7.31. The van der Waals surface area contributed by atoms with Gasteiger partial charge in [0.05, 0.1) is 5.69 Å². The molecule has 116 valence electrons. The van der Waals surface area contributed by atoms with Gasteiger partial charge in [-0.15, -0.1) is 0 Å². The minimum atomic E-state index is -0.0412. The number of nitrogens with zero attached hydrogens (tertiary/aromatic N) is 4. The van der Waals surface area contributed by atoms with Crippen LogP contribution in [0.2, 0.25) is 5.15 Å². The number of hydrogen-bond acceptors (Lipinski definition) is 4. The third kappa shape index (κ3) is 2.40. The zero-order valence-electron chi connectivity index (χ0n) is 13.0. The molecule has 0 saturated carbocycles. The molecule has 23 heavy (non-hydrogen) atoms. The van der Waals surface area contributed by atoms with Gasteiger partial charge < -0.3 is 0 Å². The Kier molecular flexibility index (Phi) is 3.18. The summed E-state index contributed by atoms with van der Waals surface area (Å²) in [5.41, 5.74) is 4.46. The van der Waals surface area contributed by atoms with E-state index in [1.54, 1.807) is 15.9 Å². The molecule has 0 aromatic carbocycles. The number of aromatic nitrogens is 4. The van der Waals surface area contributed by atoms with Crippen molar-refractivity contribution in [3.63, 3.8) is 0 Å². The lowest BCUT2D eigenvalue weighted by Gasteiger charge is -2.13. The summed E-state index contributed by atoms with van der Waals surface area (Å²) < 4.78 is 1.78. The number of fused-ring (bicyclic) bond motifs is 3. The molecule has 0 spiro atoms. The van der Waals surface area contributed by atoms with E-state index in [9.17, 15) is 0 Å². The molecule has 0 aliphatic heterocycles. The summed E-state index contributed by atoms with van der Waals surface area (Å²) in [4.78, 5) is 9.10. The largest absolute Gasteiger partial charge is 0.236 e. The van der Waals surface area contributed by atoms with E-state index in [-0.39, 0.29) is 5.41 Å². The average molecular weight is 343 g/mol. The summed E-state index contributed by atoms with van der Waals surface area (Å²) in [6, 6.07) is 6.07. The van der Waals surface area contributed by atoms with Crippen LogP contribution in [-0.4, -0.2) is 19.6 Å². The Morgan fingerprint density at radius 3 is 2.74 bits per heavy atom. The van der Waals surface area contributed by atoms with Crippen molar-refractivity contribution in [3.05, 3.63) is 46.0 Å². The molecule has 4 aromatic rings. The van der Waals surface area contributed by atoms with E-state index < -0.39 is 0 Å². The van der Waals surface area contributed by atoms with Gasteiger partial charge >= 0.3 is 0 Å². The topological polar surface area (TPSA) is 43.1 Å². The highest BCUT2D eigenvalue weighted by atomic mass is 35.5. The highest BCUT2D eigenvalue weighted by Crippen LogP contribution is 2.31. The number of halogens is 1. The summed E-state index contributed by atoms with van der Waals surface area (Å²) in [5, 5.41) is 10.2. The van der Waals surface area contributed by atoms with E-state index in [0.717, 1.165) is 33.5 Å². The Morgan fingerprint density at radius 2 is 2.04 bits per heavy atom. The van der Waals surface area contributed by atoms with Gasteiger partial charge in [-0.25, -0.2) is 9.97 Å². The van der Waals surface area contributed by atoms with Crippen LogP contribution in [0.25, 0.3) is 27.8 Å². The first-order valence-corrected chi connectivity index (χ1v) is 8.64. The van der Waals surface area contributed by atoms with Crippen LogP contribution >= 0.6 is 22.9 Å². The van der Waals surface area contributed by atoms with Crippen molar-refractivity contribution in [2.75, 3.05) is 0 Å². The molecular formula is C17H15ClN4S. The smallest absolute Gasteiger partial charge is 0.166 e. The lowest BCUT2D eigenvalue weighted by molar-refractivity contribution is 0.563. The fourth-order valence-corrected chi connectivity index (χ4v) is 3.40. The van der Waals surface area contributed by atoms with E-state index >= 15 is 0 Å². The molecule has 0 aliphatic rings. The molecule has 0 amide bonds. The number of rotatable bonds is 1. The standard InChI is InChI=1S/C17H15ClN4S/c1-17(2,3)13-7-14-19-8-11-6-12(10-4-5-23-9-10)15(18)20-16(11)22(14)21-13/h4-9H,1-3H3. The SMILES string of the molecule is CC(C)(C)c1cc2ncc3cc(-c4ccsc4)c(Cl)nc3n2n1. The second-order valence-electron chi connectivity index (χ2n) is 6.56. The molecule has 0 unspecified atom stereocenters. The summed E-state index contributed by atoms with van der Waals surface area (Å²) in [5.74, 6) is 0. The minimum absolute atomic E-state index is 0.0412. The third-order valence-corrected chi connectivity index (χ3v) is 4.78. The van der Waals surface area contributed by atoms with Gasteiger partial charge in [0.2, 0.25) is 0 Å². The molecule has 0 aliphatic carbocycles. The van der Waals surface area contributed by atoms with E-state index in [0.29, 0.717) is 5.15 Å². The van der Waals surface area contributed by atoms with Crippen LogP contribution in [-0.2, 0) is 5.41 Å². The summed E-state index contributed by atoms with van der Waals surface area (Å²) >= 11 is 8.06. The third-order valence-electron chi connectivity index (χ3n) is 3.81. The van der Waals surface area contributed by atoms with Gasteiger partial charge in [0.15, 0.2) is 11.3 Å². The highest BCUT2D eigenvalue weighted by Gasteiger charge is 2.19. The van der Waals surface area contributed by atoms with Crippen molar-refractivity contribution < 1.29 is 0 Å². The van der Waals surface area contributed by atoms with Crippen LogP contribution in [0.3, 0.4) is 0 Å². The zero-order valence-corrected chi connectivity index (χ0v) is 14.6. The maximum absolute atomic E-state index is 6.42. The predicted molar refractivity (Wildman–Crippen MR) is 95.3 cm³/mol. The zero-order chi connectivity index (χ0) is 16.2. The summed E-state index contributed by atoms with van der Waals surface area (Å²) in [6.07, 6.45) is 1.83. The molecule has 0 N–H and O–H groups in total. The van der Waals surface area contributed by atoms with Crippen molar-refractivity contribution in [1.29, 1.82) is 0 Å². The van der Waals surface area contributed by atoms with E-state index in [1.807, 2.05) is 29.8 Å². The summed E-state index contributed by atoms with van der Waals surface area (Å²) in [6.45, 7) is 6.39. The molecular weight excluding hydrogens is 328 g/mol. The Labute approximate surface area is 142 Å². The molecule has 0 atom stereocenters. The minimum Gasteiger partial charge on any atom is -0.236 e. The molecule has 6 heteroatoms. The van der Waals surface area contributed by atoms with Crippen LogP contribution in [0, 0.1) is 0 Å². The normalized spacial score (nSPS) is 12.3. The van der Waals surface area contributed by atoms with Gasteiger partial charge in [-0.05, 0) is 28.5 Å². The maximum Gasteiger partial charge on any atom is 0.166 e. The van der Waals surface area contributed by atoms with Crippen LogP contribution in [0.5, 0.6) is 0 Å². The Hall–Kier alpha value is -1.98. The maximum atomic E-state index is 6.42. The lowest BCUT2D eigenvalue weighted by atomic mass is 9.93. The monoisotopic (exact) mass is 342 g/mol. The highest BCUT2D eigenvalue weighted by molar-refractivity contribution is 7.08. The molecule has 0 saturated heterocycles. The first kappa shape index (κ1) is 14.6. The lowest BCUT2D eigenvalue weighted by Crippen LogP contribution is -2.12. The summed E-state index contributed by atoms with van der Waals surface area (Å²) in [7, 11) is 0. The molecule has 4 heterocycles. The quantitative estimate of drug-likeness (QED) is 0.459. The van der Waals surface area contributed by atoms with Crippen molar-refractivity contribution >= 4 is 39.6 Å². The second-order valence-corrected chi connectivity index (χ2v) is 7.70. The Bertz CT molecular complexity index is 1010. The van der Waals surface area contributed by atoms with Gasteiger partial charge in [0.25, 0.3) is 0 Å².